The van der Waals surface area contributed by atoms with Gasteiger partial charge in [-0.25, -0.2) is 4.98 Å². The maximum atomic E-state index is 13.1. The average Bonchev–Trinajstić information content (AvgIpc) is 3.25. The van der Waals surface area contributed by atoms with Crippen LogP contribution in [0.2, 0.25) is 0 Å². The van der Waals surface area contributed by atoms with E-state index < -0.39 is 6.29 Å². The lowest BCUT2D eigenvalue weighted by molar-refractivity contribution is -0.253. The standard InChI is InChI=1S/C45H44N4O6/c1-52-42-21-33-19-20-49(26-35(33)22-43(42)53-2)27-36-23-41(31-13-11-29(28-50)12-14-31)55-45(54-36)32-17-15-30(16-18-32)37-8-4-3-7-34(37)24-47-44(51)40-25-46-38-9-5-6-10-39(38)48-40/h3-18,21-22,25,36,41,45,50H,19-20,23-24,26-28H2,1-2H3,(H,47,51). The molecule has 2 N–H and O–H groups in total. The van der Waals surface area contributed by atoms with Gasteiger partial charge in [-0.05, 0) is 69.6 Å². The van der Waals surface area contributed by atoms with Gasteiger partial charge in [0.15, 0.2) is 17.8 Å². The predicted molar refractivity (Wildman–Crippen MR) is 210 cm³/mol. The Bertz CT molecular complexity index is 2280. The van der Waals surface area contributed by atoms with Gasteiger partial charge in [-0.3, -0.25) is 14.7 Å². The van der Waals surface area contributed by atoms with E-state index in [0.29, 0.717) is 18.5 Å². The third kappa shape index (κ3) is 8.08. The molecule has 3 atom stereocenters. The van der Waals surface area contributed by atoms with Crippen LogP contribution in [0.4, 0.5) is 0 Å². The molecule has 8 rings (SSSR count). The molecule has 3 heterocycles. The number of ether oxygens (including phenoxy) is 4. The first-order valence-electron chi connectivity index (χ1n) is 18.6. The summed E-state index contributed by atoms with van der Waals surface area (Å²) in [4.78, 5) is 24.4. The number of nitrogens with one attached hydrogen (secondary N) is 1. The van der Waals surface area contributed by atoms with Crippen molar-refractivity contribution in [1.29, 1.82) is 0 Å². The smallest absolute Gasteiger partial charge is 0.271 e. The molecule has 1 aromatic heterocycles. The Morgan fingerprint density at radius 1 is 0.855 bits per heavy atom. The number of nitrogens with zero attached hydrogens (tertiary/aromatic N) is 3. The monoisotopic (exact) mass is 736 g/mol. The molecular formula is C45H44N4O6. The maximum Gasteiger partial charge on any atom is 0.271 e. The molecule has 1 amide bonds. The van der Waals surface area contributed by atoms with Gasteiger partial charge in [0.1, 0.15) is 5.69 Å². The van der Waals surface area contributed by atoms with Crippen LogP contribution in [0.1, 0.15) is 62.7 Å². The fraction of sp³-hybridized carbons (Fsp3) is 0.267. The van der Waals surface area contributed by atoms with E-state index in [9.17, 15) is 9.90 Å². The molecular weight excluding hydrogens is 693 g/mol. The second kappa shape index (κ2) is 16.4. The Kier molecular flexibility index (Phi) is 10.8. The molecule has 55 heavy (non-hydrogen) atoms. The predicted octanol–water partition coefficient (Wildman–Crippen LogP) is 7.34. The van der Waals surface area contributed by atoms with Crippen molar-refractivity contribution in [1.82, 2.24) is 20.2 Å². The minimum atomic E-state index is -0.575. The van der Waals surface area contributed by atoms with Crippen LogP contribution in [0.15, 0.2) is 115 Å². The van der Waals surface area contributed by atoms with Crippen LogP contribution in [0.5, 0.6) is 11.5 Å². The lowest BCUT2D eigenvalue weighted by atomic mass is 9.96. The van der Waals surface area contributed by atoms with Gasteiger partial charge in [-0.1, -0.05) is 84.9 Å². The summed E-state index contributed by atoms with van der Waals surface area (Å²) in [6.45, 7) is 2.78. The van der Waals surface area contributed by atoms with Gasteiger partial charge in [-0.15, -0.1) is 0 Å². The summed E-state index contributed by atoms with van der Waals surface area (Å²) < 4.78 is 24.6. The summed E-state index contributed by atoms with van der Waals surface area (Å²) in [6, 6.07) is 36.0. The zero-order valence-electron chi connectivity index (χ0n) is 31.0. The number of carbonyl (C=O) groups is 1. The quantitative estimate of drug-likeness (QED) is 0.141. The number of methoxy groups -OCH3 is 2. The van der Waals surface area contributed by atoms with Crippen molar-refractivity contribution in [3.8, 4) is 22.6 Å². The molecule has 5 aromatic carbocycles. The number of para-hydroxylation sites is 2. The highest BCUT2D eigenvalue weighted by atomic mass is 16.7. The van der Waals surface area contributed by atoms with E-state index in [2.05, 4.69) is 62.6 Å². The maximum absolute atomic E-state index is 13.1. The molecule has 0 saturated carbocycles. The molecule has 0 aliphatic carbocycles. The van der Waals surface area contributed by atoms with E-state index in [1.807, 2.05) is 66.7 Å². The average molecular weight is 737 g/mol. The highest BCUT2D eigenvalue weighted by molar-refractivity contribution is 5.93. The van der Waals surface area contributed by atoms with Gasteiger partial charge in [0.2, 0.25) is 0 Å². The molecule has 1 fully saturated rings. The molecule has 2 aliphatic rings. The largest absolute Gasteiger partial charge is 0.493 e. The van der Waals surface area contributed by atoms with E-state index in [4.69, 9.17) is 18.9 Å². The topological polar surface area (TPSA) is 115 Å². The third-order valence-corrected chi connectivity index (χ3v) is 10.5. The molecule has 0 bridgehead atoms. The van der Waals surface area contributed by atoms with E-state index in [1.165, 1.54) is 17.3 Å². The molecule has 6 aromatic rings. The van der Waals surface area contributed by atoms with Crippen LogP contribution in [-0.4, -0.2) is 59.3 Å². The molecule has 0 radical (unpaired) electrons. The summed E-state index contributed by atoms with van der Waals surface area (Å²) in [5.41, 5.74) is 10.1. The van der Waals surface area contributed by atoms with Crippen molar-refractivity contribution in [3.05, 3.63) is 154 Å². The van der Waals surface area contributed by atoms with Crippen molar-refractivity contribution in [2.75, 3.05) is 27.3 Å². The number of aliphatic hydroxyl groups excluding tert-OH is 1. The number of rotatable bonds is 11. The normalized spacial score (nSPS) is 18.4. The molecule has 10 heteroatoms. The van der Waals surface area contributed by atoms with Gasteiger partial charge in [0, 0.05) is 38.2 Å². The van der Waals surface area contributed by atoms with E-state index in [-0.39, 0.29) is 30.4 Å². The summed E-state index contributed by atoms with van der Waals surface area (Å²) in [5.74, 6) is 1.22. The second-order valence-electron chi connectivity index (χ2n) is 14.0. The molecule has 3 unspecified atom stereocenters. The molecule has 280 valence electrons. The summed E-state index contributed by atoms with van der Waals surface area (Å²) in [5, 5.41) is 12.7. The van der Waals surface area contributed by atoms with Crippen molar-refractivity contribution < 1.29 is 28.8 Å². The van der Waals surface area contributed by atoms with E-state index >= 15 is 0 Å². The lowest BCUT2D eigenvalue weighted by Gasteiger charge is -2.39. The number of carbonyl (C=O) groups excluding carboxylic acids is 1. The highest BCUT2D eigenvalue weighted by Crippen LogP contribution is 2.40. The first-order valence-corrected chi connectivity index (χ1v) is 18.6. The fourth-order valence-electron chi connectivity index (χ4n) is 7.53. The lowest BCUT2D eigenvalue weighted by Crippen LogP contribution is -2.41. The number of fused-ring (bicyclic) bond motifs is 2. The molecule has 0 spiro atoms. The van der Waals surface area contributed by atoms with Gasteiger partial charge in [0.05, 0.1) is 50.3 Å². The van der Waals surface area contributed by atoms with Crippen molar-refractivity contribution in [2.45, 2.75) is 51.0 Å². The Morgan fingerprint density at radius 3 is 2.33 bits per heavy atom. The van der Waals surface area contributed by atoms with Gasteiger partial charge in [0.25, 0.3) is 5.91 Å². The SMILES string of the molecule is COc1cc2c(cc1OC)CN(CC1CC(c3ccc(CO)cc3)OC(c3ccc(-c4ccccc4CNC(=O)c4cnc5ccccc5n4)cc3)O1)CC2. The molecule has 1 saturated heterocycles. The van der Waals surface area contributed by atoms with Crippen LogP contribution in [0.3, 0.4) is 0 Å². The van der Waals surface area contributed by atoms with Gasteiger partial charge in [-0.2, -0.15) is 0 Å². The van der Waals surface area contributed by atoms with E-state index in [0.717, 1.165) is 76.5 Å². The van der Waals surface area contributed by atoms with Crippen molar-refractivity contribution >= 4 is 16.9 Å². The highest BCUT2D eigenvalue weighted by Gasteiger charge is 2.34. The zero-order valence-corrected chi connectivity index (χ0v) is 31.0. The molecule has 10 nitrogen and oxygen atoms in total. The van der Waals surface area contributed by atoms with Crippen LogP contribution < -0.4 is 14.8 Å². The number of aliphatic hydroxyl groups is 1. The molecule has 2 aliphatic heterocycles. The van der Waals surface area contributed by atoms with Crippen molar-refractivity contribution in [2.24, 2.45) is 0 Å². The van der Waals surface area contributed by atoms with Crippen molar-refractivity contribution in [3.63, 3.8) is 0 Å². The van der Waals surface area contributed by atoms with Crippen LogP contribution in [-0.2, 0) is 35.6 Å². The minimum absolute atomic E-state index is 0.00571. The van der Waals surface area contributed by atoms with Gasteiger partial charge < -0.3 is 29.4 Å². The Balaban J connectivity index is 0.987. The zero-order chi connectivity index (χ0) is 37.7. The fourth-order valence-corrected chi connectivity index (χ4v) is 7.53. The van der Waals surface area contributed by atoms with Crippen LogP contribution >= 0.6 is 0 Å². The summed E-state index contributed by atoms with van der Waals surface area (Å²) in [6.07, 6.45) is 2.28. The number of benzene rings is 5. The number of aromatic nitrogens is 2. The second-order valence-corrected chi connectivity index (χ2v) is 14.0. The Morgan fingerprint density at radius 2 is 1.56 bits per heavy atom. The summed E-state index contributed by atoms with van der Waals surface area (Å²) >= 11 is 0. The number of hydrogen-bond acceptors (Lipinski definition) is 9. The van der Waals surface area contributed by atoms with Gasteiger partial charge >= 0.3 is 0 Å². The minimum Gasteiger partial charge on any atom is -0.493 e. The third-order valence-electron chi connectivity index (χ3n) is 10.5. The number of amides is 1. The van der Waals surface area contributed by atoms with Crippen LogP contribution in [0, 0.1) is 0 Å². The van der Waals surface area contributed by atoms with E-state index in [1.54, 1.807) is 14.2 Å². The van der Waals surface area contributed by atoms with Crippen LogP contribution in [0.25, 0.3) is 22.2 Å². The first kappa shape index (κ1) is 36.3. The first-order chi connectivity index (χ1) is 27.0. The summed E-state index contributed by atoms with van der Waals surface area (Å²) in [7, 11) is 3.34. The Labute approximate surface area is 320 Å². The number of hydrogen-bond donors (Lipinski definition) is 2. The Hall–Kier alpha value is -5.65.